The van der Waals surface area contributed by atoms with E-state index < -0.39 is 0 Å². The summed E-state index contributed by atoms with van der Waals surface area (Å²) in [5.74, 6) is 0.123. The van der Waals surface area contributed by atoms with E-state index in [1.54, 1.807) is 6.08 Å². The van der Waals surface area contributed by atoms with Crippen LogP contribution in [0.2, 0.25) is 0 Å². The van der Waals surface area contributed by atoms with Crippen molar-refractivity contribution >= 4 is 17.7 Å². The second-order valence-electron chi connectivity index (χ2n) is 5.98. The minimum Gasteiger partial charge on any atom is -0.378 e. The van der Waals surface area contributed by atoms with Gasteiger partial charge in [0.25, 0.3) is 0 Å². The van der Waals surface area contributed by atoms with E-state index in [-0.39, 0.29) is 5.91 Å². The van der Waals surface area contributed by atoms with Gasteiger partial charge < -0.3 is 9.80 Å². The maximum absolute atomic E-state index is 11.9. The molecule has 3 heteroatoms. The first-order valence-corrected chi connectivity index (χ1v) is 8.24. The van der Waals surface area contributed by atoms with Crippen molar-refractivity contribution in [2.75, 3.05) is 32.1 Å². The van der Waals surface area contributed by atoms with Gasteiger partial charge in [-0.05, 0) is 37.0 Å². The third kappa shape index (κ3) is 5.78. The third-order valence-electron chi connectivity index (χ3n) is 3.94. The van der Waals surface area contributed by atoms with Gasteiger partial charge in [-0.3, -0.25) is 4.79 Å². The van der Waals surface area contributed by atoms with Crippen LogP contribution in [0.15, 0.2) is 54.6 Å². The monoisotopic (exact) mass is 310 g/mol. The Labute approximate surface area is 139 Å². The van der Waals surface area contributed by atoms with Crippen molar-refractivity contribution in [3.05, 3.63) is 60.2 Å². The van der Waals surface area contributed by atoms with E-state index in [0.717, 1.165) is 31.5 Å². The summed E-state index contributed by atoms with van der Waals surface area (Å²) in [6.45, 7) is 1.80. The topological polar surface area (TPSA) is 23.6 Å². The van der Waals surface area contributed by atoms with Crippen molar-refractivity contribution in [2.24, 2.45) is 0 Å². The molecular weight excluding hydrogens is 284 g/mol. The molecule has 0 unspecified atom stereocenters. The Bertz CT molecular complexity index is 576. The summed E-state index contributed by atoms with van der Waals surface area (Å²) in [5, 5.41) is 0. The molecule has 3 nitrogen and oxygen atoms in total. The highest BCUT2D eigenvalue weighted by Gasteiger charge is 2.12. The SMILES string of the molecule is CN(C)c1ccc(/C=C/C=C/C=C/C(=O)N2CCCCC2)cc1. The molecule has 0 aliphatic carbocycles. The molecule has 0 bridgehead atoms. The lowest BCUT2D eigenvalue weighted by Gasteiger charge is -2.25. The van der Waals surface area contributed by atoms with E-state index in [1.807, 2.05) is 43.3 Å². The van der Waals surface area contributed by atoms with Gasteiger partial charge in [0.1, 0.15) is 0 Å². The highest BCUT2D eigenvalue weighted by molar-refractivity contribution is 5.87. The summed E-state index contributed by atoms with van der Waals surface area (Å²) < 4.78 is 0. The normalized spacial score (nSPS) is 15.8. The molecule has 1 amide bonds. The third-order valence-corrected chi connectivity index (χ3v) is 3.94. The molecule has 0 radical (unpaired) electrons. The van der Waals surface area contributed by atoms with Gasteiger partial charge in [0.05, 0.1) is 0 Å². The van der Waals surface area contributed by atoms with E-state index in [2.05, 4.69) is 35.2 Å². The van der Waals surface area contributed by atoms with Crippen LogP contribution in [-0.2, 0) is 4.79 Å². The molecule has 2 rings (SSSR count). The zero-order valence-corrected chi connectivity index (χ0v) is 14.1. The van der Waals surface area contributed by atoms with Gasteiger partial charge >= 0.3 is 0 Å². The quantitative estimate of drug-likeness (QED) is 0.608. The number of anilines is 1. The lowest BCUT2D eigenvalue weighted by Crippen LogP contribution is -2.34. The molecule has 0 spiro atoms. The minimum atomic E-state index is 0.123. The molecule has 0 aromatic heterocycles. The Hall–Kier alpha value is -2.29. The Morgan fingerprint density at radius 1 is 0.957 bits per heavy atom. The van der Waals surface area contributed by atoms with Crippen molar-refractivity contribution in [1.82, 2.24) is 4.90 Å². The van der Waals surface area contributed by atoms with E-state index in [4.69, 9.17) is 0 Å². The molecule has 1 aliphatic heterocycles. The molecule has 1 aromatic carbocycles. The van der Waals surface area contributed by atoms with Crippen LogP contribution in [0.25, 0.3) is 6.08 Å². The summed E-state index contributed by atoms with van der Waals surface area (Å²) >= 11 is 0. The number of nitrogens with zero attached hydrogens (tertiary/aromatic N) is 2. The van der Waals surface area contributed by atoms with Crippen molar-refractivity contribution < 1.29 is 4.79 Å². The van der Waals surface area contributed by atoms with E-state index in [1.165, 1.54) is 12.1 Å². The number of hydrogen-bond acceptors (Lipinski definition) is 2. The average molecular weight is 310 g/mol. The number of benzene rings is 1. The Kier molecular flexibility index (Phi) is 6.67. The number of allylic oxidation sites excluding steroid dienone is 4. The molecule has 122 valence electrons. The van der Waals surface area contributed by atoms with Gasteiger partial charge in [-0.25, -0.2) is 0 Å². The van der Waals surface area contributed by atoms with Crippen LogP contribution in [0.1, 0.15) is 24.8 Å². The molecule has 1 saturated heterocycles. The fourth-order valence-corrected chi connectivity index (χ4v) is 2.54. The standard InChI is InChI=1S/C20H26N2O/c1-21(2)19-14-12-18(13-15-19)10-6-3-4-7-11-20(23)22-16-8-5-9-17-22/h3-4,6-7,10-15H,5,8-9,16-17H2,1-2H3/b4-3+,10-6+,11-7+. The zero-order valence-electron chi connectivity index (χ0n) is 14.1. The summed E-state index contributed by atoms with van der Waals surface area (Å²) in [6.07, 6.45) is 14.9. The van der Waals surface area contributed by atoms with E-state index in [9.17, 15) is 4.79 Å². The van der Waals surface area contributed by atoms with Crippen molar-refractivity contribution in [1.29, 1.82) is 0 Å². The second-order valence-corrected chi connectivity index (χ2v) is 5.98. The molecule has 1 heterocycles. The predicted octanol–water partition coefficient (Wildman–Crippen LogP) is 3.89. The molecule has 23 heavy (non-hydrogen) atoms. The van der Waals surface area contributed by atoms with Crippen LogP contribution >= 0.6 is 0 Å². The number of carbonyl (C=O) groups excluding carboxylic acids is 1. The van der Waals surface area contributed by atoms with Crippen LogP contribution in [0, 0.1) is 0 Å². The first-order chi connectivity index (χ1) is 11.2. The van der Waals surface area contributed by atoms with Gasteiger partial charge in [-0.15, -0.1) is 0 Å². The van der Waals surface area contributed by atoms with Crippen LogP contribution in [0.3, 0.4) is 0 Å². The molecule has 0 atom stereocenters. The smallest absolute Gasteiger partial charge is 0.246 e. The number of rotatable bonds is 5. The van der Waals surface area contributed by atoms with Gasteiger partial charge in [-0.2, -0.15) is 0 Å². The Morgan fingerprint density at radius 3 is 2.26 bits per heavy atom. The number of carbonyl (C=O) groups is 1. The maximum atomic E-state index is 11.9. The molecular formula is C20H26N2O. The number of amides is 1. The largest absolute Gasteiger partial charge is 0.378 e. The molecule has 1 aliphatic rings. The number of likely N-dealkylation sites (tertiary alicyclic amines) is 1. The summed E-state index contributed by atoms with van der Waals surface area (Å²) in [4.78, 5) is 15.9. The Morgan fingerprint density at radius 2 is 1.61 bits per heavy atom. The van der Waals surface area contributed by atoms with Crippen molar-refractivity contribution in [3.8, 4) is 0 Å². The zero-order chi connectivity index (χ0) is 16.5. The highest BCUT2D eigenvalue weighted by atomic mass is 16.2. The van der Waals surface area contributed by atoms with E-state index >= 15 is 0 Å². The fraction of sp³-hybridized carbons (Fsp3) is 0.350. The number of hydrogen-bond donors (Lipinski definition) is 0. The molecule has 1 aromatic rings. The van der Waals surface area contributed by atoms with Crippen LogP contribution < -0.4 is 4.90 Å². The van der Waals surface area contributed by atoms with Crippen molar-refractivity contribution in [2.45, 2.75) is 19.3 Å². The molecule has 1 fully saturated rings. The highest BCUT2D eigenvalue weighted by Crippen LogP contribution is 2.13. The minimum absolute atomic E-state index is 0.123. The summed E-state index contributed by atoms with van der Waals surface area (Å²) in [6, 6.07) is 8.38. The fourth-order valence-electron chi connectivity index (χ4n) is 2.54. The lowest BCUT2D eigenvalue weighted by molar-refractivity contribution is -0.126. The second kappa shape index (κ2) is 8.99. The van der Waals surface area contributed by atoms with Gasteiger partial charge in [-0.1, -0.05) is 42.5 Å². The lowest BCUT2D eigenvalue weighted by atomic mass is 10.1. The van der Waals surface area contributed by atoms with Gasteiger partial charge in [0, 0.05) is 38.9 Å². The van der Waals surface area contributed by atoms with Crippen molar-refractivity contribution in [3.63, 3.8) is 0 Å². The maximum Gasteiger partial charge on any atom is 0.246 e. The molecule has 0 N–H and O–H groups in total. The molecule has 0 saturated carbocycles. The average Bonchev–Trinajstić information content (AvgIpc) is 2.59. The first kappa shape index (κ1) is 17.1. The summed E-state index contributed by atoms with van der Waals surface area (Å²) in [7, 11) is 4.07. The van der Waals surface area contributed by atoms with E-state index in [0.29, 0.717) is 0 Å². The van der Waals surface area contributed by atoms with Gasteiger partial charge in [0.2, 0.25) is 5.91 Å². The van der Waals surface area contributed by atoms with Crippen LogP contribution in [-0.4, -0.2) is 38.0 Å². The van der Waals surface area contributed by atoms with Crippen LogP contribution in [0.5, 0.6) is 0 Å². The summed E-state index contributed by atoms with van der Waals surface area (Å²) in [5.41, 5.74) is 2.35. The van der Waals surface area contributed by atoms with Crippen LogP contribution in [0.4, 0.5) is 5.69 Å². The first-order valence-electron chi connectivity index (χ1n) is 8.24. The van der Waals surface area contributed by atoms with Gasteiger partial charge in [0.15, 0.2) is 0 Å². The predicted molar refractivity (Wildman–Crippen MR) is 98.5 cm³/mol. The number of piperidine rings is 1. The Balaban J connectivity index is 1.79.